The molecule has 5 heteroatoms. The van der Waals surface area contributed by atoms with Crippen molar-refractivity contribution < 1.29 is 19.0 Å². The van der Waals surface area contributed by atoms with Gasteiger partial charge in [0, 0.05) is 19.2 Å². The third kappa shape index (κ3) is 5.61. The van der Waals surface area contributed by atoms with Crippen LogP contribution in [0.4, 0.5) is 5.69 Å². The summed E-state index contributed by atoms with van der Waals surface area (Å²) in [6.45, 7) is 3.17. The van der Waals surface area contributed by atoms with Gasteiger partial charge >= 0.3 is 5.97 Å². The number of nitrogen functional groups attached to an aromatic ring is 1. The van der Waals surface area contributed by atoms with Gasteiger partial charge in [0.1, 0.15) is 12.4 Å². The molecule has 0 saturated heterocycles. The molecule has 0 aromatic heterocycles. The van der Waals surface area contributed by atoms with Crippen LogP contribution in [-0.4, -0.2) is 32.9 Å². The number of carbonyl (C=O) groups excluding carboxylic acids is 1. The molecule has 0 saturated carbocycles. The maximum atomic E-state index is 11.4. The van der Waals surface area contributed by atoms with Crippen LogP contribution < -0.4 is 10.5 Å². The molecule has 1 aromatic rings. The Bertz CT molecular complexity index is 406. The van der Waals surface area contributed by atoms with Crippen LogP contribution in [-0.2, 0) is 20.7 Å². The van der Waals surface area contributed by atoms with Crippen molar-refractivity contribution in [1.29, 1.82) is 0 Å². The molecular formula is C14H21NO4. The topological polar surface area (TPSA) is 70.8 Å². The van der Waals surface area contributed by atoms with Crippen molar-refractivity contribution in [1.82, 2.24) is 0 Å². The molecule has 0 amide bonds. The van der Waals surface area contributed by atoms with E-state index in [0.29, 0.717) is 38.3 Å². The quantitative estimate of drug-likeness (QED) is 0.442. The fourth-order valence-corrected chi connectivity index (χ4v) is 1.64. The van der Waals surface area contributed by atoms with Crippen molar-refractivity contribution in [2.24, 2.45) is 0 Å². The molecule has 0 aliphatic carbocycles. The van der Waals surface area contributed by atoms with E-state index in [0.717, 1.165) is 11.3 Å². The Hall–Kier alpha value is -1.75. The van der Waals surface area contributed by atoms with E-state index in [1.807, 2.05) is 12.1 Å². The number of anilines is 1. The Balaban J connectivity index is 2.62. The summed E-state index contributed by atoms with van der Waals surface area (Å²) in [6.07, 6.45) is 0.865. The summed E-state index contributed by atoms with van der Waals surface area (Å²) in [4.78, 5) is 11.4. The summed E-state index contributed by atoms with van der Waals surface area (Å²) in [5.74, 6) is 0.517. The lowest BCUT2D eigenvalue weighted by Gasteiger charge is -2.12. The third-order valence-corrected chi connectivity index (χ3v) is 2.53. The Morgan fingerprint density at radius 2 is 2.11 bits per heavy atom. The summed E-state index contributed by atoms with van der Waals surface area (Å²) in [5.41, 5.74) is 7.31. The van der Waals surface area contributed by atoms with Gasteiger partial charge in [-0.1, -0.05) is 0 Å². The van der Waals surface area contributed by atoms with Crippen molar-refractivity contribution in [3.63, 3.8) is 0 Å². The Kier molecular flexibility index (Phi) is 6.74. The molecule has 1 rings (SSSR count). The van der Waals surface area contributed by atoms with Crippen molar-refractivity contribution in [3.05, 3.63) is 23.8 Å². The summed E-state index contributed by atoms with van der Waals surface area (Å²) in [6, 6.07) is 5.41. The molecule has 106 valence electrons. The van der Waals surface area contributed by atoms with Crippen LogP contribution in [0.3, 0.4) is 0 Å². The van der Waals surface area contributed by atoms with Gasteiger partial charge in [0.05, 0.1) is 13.2 Å². The van der Waals surface area contributed by atoms with E-state index in [1.54, 1.807) is 20.1 Å². The number of hydrogen-bond donors (Lipinski definition) is 1. The maximum Gasteiger partial charge on any atom is 0.306 e. The predicted molar refractivity (Wildman–Crippen MR) is 73.2 cm³/mol. The molecule has 0 fully saturated rings. The molecule has 2 N–H and O–H groups in total. The minimum atomic E-state index is -0.215. The lowest BCUT2D eigenvalue weighted by atomic mass is 10.1. The van der Waals surface area contributed by atoms with Crippen molar-refractivity contribution in [2.75, 3.05) is 32.7 Å². The van der Waals surface area contributed by atoms with Crippen LogP contribution in [0, 0.1) is 0 Å². The van der Waals surface area contributed by atoms with E-state index in [2.05, 4.69) is 0 Å². The molecule has 1 aromatic carbocycles. The number of benzene rings is 1. The molecule has 0 radical (unpaired) electrons. The molecule has 0 spiro atoms. The number of aryl methyl sites for hydroxylation is 1. The van der Waals surface area contributed by atoms with Gasteiger partial charge in [-0.3, -0.25) is 4.79 Å². The van der Waals surface area contributed by atoms with E-state index >= 15 is 0 Å². The molecule has 5 nitrogen and oxygen atoms in total. The first-order valence-corrected chi connectivity index (χ1v) is 6.33. The van der Waals surface area contributed by atoms with Gasteiger partial charge in [0.15, 0.2) is 0 Å². The Labute approximate surface area is 113 Å². The van der Waals surface area contributed by atoms with Crippen molar-refractivity contribution in [3.8, 4) is 5.75 Å². The van der Waals surface area contributed by atoms with Crippen LogP contribution in [0.2, 0.25) is 0 Å². The van der Waals surface area contributed by atoms with Crippen LogP contribution in [0.25, 0.3) is 0 Å². The average molecular weight is 267 g/mol. The highest BCUT2D eigenvalue weighted by atomic mass is 16.5. The number of methoxy groups -OCH3 is 1. The lowest BCUT2D eigenvalue weighted by molar-refractivity contribution is -0.143. The van der Waals surface area contributed by atoms with E-state index in [9.17, 15) is 4.79 Å². The van der Waals surface area contributed by atoms with E-state index in [-0.39, 0.29) is 5.97 Å². The highest BCUT2D eigenvalue weighted by Gasteiger charge is 2.08. The number of hydrogen-bond acceptors (Lipinski definition) is 5. The second kappa shape index (κ2) is 8.37. The molecular weight excluding hydrogens is 246 g/mol. The number of rotatable bonds is 8. The molecule has 0 unspecified atom stereocenters. The number of carbonyl (C=O) groups is 1. The zero-order valence-electron chi connectivity index (χ0n) is 11.5. The van der Waals surface area contributed by atoms with E-state index < -0.39 is 0 Å². The van der Waals surface area contributed by atoms with Crippen LogP contribution in [0.15, 0.2) is 18.2 Å². The minimum absolute atomic E-state index is 0.215. The third-order valence-electron chi connectivity index (χ3n) is 2.53. The van der Waals surface area contributed by atoms with Gasteiger partial charge in [-0.25, -0.2) is 0 Å². The molecule has 19 heavy (non-hydrogen) atoms. The van der Waals surface area contributed by atoms with Gasteiger partial charge in [-0.05, 0) is 37.1 Å². The van der Waals surface area contributed by atoms with Gasteiger partial charge in [-0.15, -0.1) is 0 Å². The zero-order chi connectivity index (χ0) is 14.1. The molecule has 0 bridgehead atoms. The number of esters is 1. The normalized spacial score (nSPS) is 10.2. The highest BCUT2D eigenvalue weighted by molar-refractivity contribution is 5.70. The second-order valence-electron chi connectivity index (χ2n) is 4.01. The van der Waals surface area contributed by atoms with Gasteiger partial charge < -0.3 is 19.9 Å². The first-order chi connectivity index (χ1) is 9.17. The van der Waals surface area contributed by atoms with Crippen LogP contribution in [0.5, 0.6) is 5.75 Å². The zero-order valence-corrected chi connectivity index (χ0v) is 11.5. The minimum Gasteiger partial charge on any atom is -0.491 e. The second-order valence-corrected chi connectivity index (χ2v) is 4.01. The summed E-state index contributed by atoms with van der Waals surface area (Å²) < 4.78 is 15.4. The largest absolute Gasteiger partial charge is 0.491 e. The molecule has 0 heterocycles. The Morgan fingerprint density at radius 1 is 1.32 bits per heavy atom. The van der Waals surface area contributed by atoms with Crippen molar-refractivity contribution >= 4 is 11.7 Å². The Morgan fingerprint density at radius 3 is 2.79 bits per heavy atom. The summed E-state index contributed by atoms with van der Waals surface area (Å²) >= 11 is 0. The predicted octanol–water partition coefficient (Wildman–Crippen LogP) is 1.79. The van der Waals surface area contributed by atoms with Gasteiger partial charge in [0.2, 0.25) is 0 Å². The van der Waals surface area contributed by atoms with Gasteiger partial charge in [-0.2, -0.15) is 0 Å². The smallest absolute Gasteiger partial charge is 0.306 e. The summed E-state index contributed by atoms with van der Waals surface area (Å²) in [7, 11) is 1.62. The molecule has 0 aliphatic heterocycles. The van der Waals surface area contributed by atoms with E-state index in [4.69, 9.17) is 19.9 Å². The monoisotopic (exact) mass is 267 g/mol. The lowest BCUT2D eigenvalue weighted by Crippen LogP contribution is -2.08. The molecule has 0 aliphatic rings. The number of nitrogens with two attached hydrogens (primary N) is 1. The molecule has 0 atom stereocenters. The van der Waals surface area contributed by atoms with Crippen LogP contribution in [0.1, 0.15) is 18.9 Å². The maximum absolute atomic E-state index is 11.4. The summed E-state index contributed by atoms with van der Waals surface area (Å²) in [5, 5.41) is 0. The average Bonchev–Trinajstić information content (AvgIpc) is 2.39. The van der Waals surface area contributed by atoms with E-state index in [1.165, 1.54) is 0 Å². The standard InChI is InChI=1S/C14H21NO4/c1-3-18-14(16)7-4-11-10-12(15)5-6-13(11)19-9-8-17-2/h5-6,10H,3-4,7-9,15H2,1-2H3. The first-order valence-electron chi connectivity index (χ1n) is 6.33. The highest BCUT2D eigenvalue weighted by Crippen LogP contribution is 2.23. The van der Waals surface area contributed by atoms with Gasteiger partial charge in [0.25, 0.3) is 0 Å². The fraction of sp³-hybridized carbons (Fsp3) is 0.500. The number of ether oxygens (including phenoxy) is 3. The van der Waals surface area contributed by atoms with Crippen LogP contribution >= 0.6 is 0 Å². The SMILES string of the molecule is CCOC(=O)CCc1cc(N)ccc1OCCOC. The fourth-order valence-electron chi connectivity index (χ4n) is 1.64. The van der Waals surface area contributed by atoms with Crippen molar-refractivity contribution in [2.45, 2.75) is 19.8 Å². The first kappa shape index (κ1) is 15.3.